The van der Waals surface area contributed by atoms with E-state index in [9.17, 15) is 13.2 Å². The molecule has 104 valence electrons. The normalized spacial score (nSPS) is 29.6. The number of hydrogen-bond acceptors (Lipinski definition) is 0. The van der Waals surface area contributed by atoms with E-state index in [1.807, 2.05) is 19.1 Å². The molecular weight excluding hydrogens is 337 g/mol. The molecular formula is C14H14BrF3S. The van der Waals surface area contributed by atoms with Gasteiger partial charge in [-0.15, -0.1) is 0 Å². The Morgan fingerprint density at radius 2 is 2.00 bits per heavy atom. The standard InChI is InChI=1S/C14H14BrF3S/c1-2-9-3-4-11-8-13(10-5-6-10)19(15,12(11)7-9)14(16,17)18/h3-4,7-8,10H,2,5-6H2,1H3. The van der Waals surface area contributed by atoms with Crippen LogP contribution in [0.1, 0.15) is 30.9 Å². The van der Waals surface area contributed by atoms with Crippen LogP contribution < -0.4 is 0 Å². The van der Waals surface area contributed by atoms with E-state index in [1.54, 1.807) is 12.1 Å². The minimum atomic E-state index is -4.22. The maximum absolute atomic E-state index is 13.6. The first-order valence-corrected chi connectivity index (χ1v) is 9.79. The van der Waals surface area contributed by atoms with E-state index < -0.39 is 14.0 Å². The van der Waals surface area contributed by atoms with Crippen molar-refractivity contribution >= 4 is 29.4 Å². The summed E-state index contributed by atoms with van der Waals surface area (Å²) in [7, 11) is -3.02. The van der Waals surface area contributed by atoms with E-state index in [-0.39, 0.29) is 5.92 Å². The van der Waals surface area contributed by atoms with E-state index >= 15 is 0 Å². The lowest BCUT2D eigenvalue weighted by Gasteiger charge is -2.35. The first kappa shape index (κ1) is 13.6. The average molecular weight is 351 g/mol. The second-order valence-electron chi connectivity index (χ2n) is 5.03. The Morgan fingerprint density at radius 1 is 1.32 bits per heavy atom. The van der Waals surface area contributed by atoms with Gasteiger partial charge in [0.15, 0.2) is 0 Å². The number of benzene rings is 1. The average Bonchev–Trinajstić information content (AvgIpc) is 3.14. The number of allylic oxidation sites excluding steroid dienone is 1. The number of alkyl halides is 3. The Hall–Kier alpha value is -0.420. The lowest BCUT2D eigenvalue weighted by Crippen LogP contribution is -2.16. The molecule has 1 aliphatic carbocycles. The Kier molecular flexibility index (Phi) is 3.06. The van der Waals surface area contributed by atoms with Gasteiger partial charge in [0.1, 0.15) is 0 Å². The zero-order valence-corrected chi connectivity index (χ0v) is 12.8. The maximum atomic E-state index is 13.6. The van der Waals surface area contributed by atoms with Gasteiger partial charge in [-0.2, -0.15) is 13.2 Å². The molecule has 0 radical (unpaired) electrons. The number of rotatable bonds is 2. The van der Waals surface area contributed by atoms with Crippen LogP contribution >= 0.6 is 23.3 Å². The van der Waals surface area contributed by atoms with E-state index in [1.165, 1.54) is 0 Å². The first-order chi connectivity index (χ1) is 8.88. The third-order valence-corrected chi connectivity index (χ3v) is 9.68. The van der Waals surface area contributed by atoms with Crippen molar-refractivity contribution in [3.8, 4) is 0 Å². The van der Waals surface area contributed by atoms with E-state index in [4.69, 9.17) is 0 Å². The van der Waals surface area contributed by atoms with Crippen LogP contribution in [0, 0.1) is 5.92 Å². The molecule has 1 atom stereocenters. The lowest BCUT2D eigenvalue weighted by atomic mass is 10.1. The molecule has 1 saturated carbocycles. The summed E-state index contributed by atoms with van der Waals surface area (Å²) < 4.78 is 40.9. The van der Waals surface area contributed by atoms with Crippen molar-refractivity contribution in [1.29, 1.82) is 0 Å². The Bertz CT molecular complexity index is 560. The van der Waals surface area contributed by atoms with Crippen LogP contribution in [0.3, 0.4) is 0 Å². The van der Waals surface area contributed by atoms with Gasteiger partial charge in [-0.05, 0) is 76.6 Å². The molecule has 0 aromatic heterocycles. The number of halogens is 4. The highest BCUT2D eigenvalue weighted by Gasteiger charge is 2.58. The molecule has 5 heteroatoms. The van der Waals surface area contributed by atoms with Gasteiger partial charge in [0.2, 0.25) is 0 Å². The fourth-order valence-electron chi connectivity index (χ4n) is 2.50. The summed E-state index contributed by atoms with van der Waals surface area (Å²) in [5.41, 5.74) is -2.52. The largest absolute Gasteiger partial charge is 0.442 e. The highest BCUT2D eigenvalue weighted by molar-refractivity contribution is 9.59. The number of fused-ring (bicyclic) bond motifs is 1. The second kappa shape index (κ2) is 4.29. The molecule has 3 rings (SSSR count). The van der Waals surface area contributed by atoms with Crippen molar-refractivity contribution < 1.29 is 13.2 Å². The molecule has 1 aliphatic heterocycles. The third-order valence-electron chi connectivity index (χ3n) is 3.71. The molecule has 0 nitrogen and oxygen atoms in total. The minimum Gasteiger partial charge on any atom is -0.160 e. The van der Waals surface area contributed by atoms with Crippen LogP contribution in [0.5, 0.6) is 0 Å². The lowest BCUT2D eigenvalue weighted by molar-refractivity contribution is -0.0356. The van der Waals surface area contributed by atoms with Gasteiger partial charge in [0.05, 0.1) is 0 Å². The Morgan fingerprint density at radius 3 is 2.53 bits per heavy atom. The van der Waals surface area contributed by atoms with E-state index in [2.05, 4.69) is 14.8 Å². The predicted octanol–water partition coefficient (Wildman–Crippen LogP) is 6.01. The summed E-state index contributed by atoms with van der Waals surface area (Å²) >= 11 is 3.13. The Balaban J connectivity index is 2.18. The van der Waals surface area contributed by atoms with Crippen LogP contribution in [-0.2, 0) is 6.42 Å². The van der Waals surface area contributed by atoms with Crippen molar-refractivity contribution in [3.05, 3.63) is 34.2 Å². The summed E-state index contributed by atoms with van der Waals surface area (Å²) in [6.45, 7) is 1.96. The van der Waals surface area contributed by atoms with Gasteiger partial charge in [0.25, 0.3) is 0 Å². The van der Waals surface area contributed by atoms with Gasteiger partial charge < -0.3 is 0 Å². The van der Waals surface area contributed by atoms with Crippen LogP contribution in [-0.4, -0.2) is 5.51 Å². The fourth-order valence-corrected chi connectivity index (χ4v) is 6.93. The summed E-state index contributed by atoms with van der Waals surface area (Å²) in [6.07, 6.45) is 4.30. The van der Waals surface area contributed by atoms with E-state index in [0.717, 1.165) is 30.4 Å². The molecule has 1 aromatic rings. The van der Waals surface area contributed by atoms with E-state index in [0.29, 0.717) is 9.80 Å². The fraction of sp³-hybridized carbons (Fsp3) is 0.429. The monoisotopic (exact) mass is 350 g/mol. The van der Waals surface area contributed by atoms with Crippen molar-refractivity contribution in [3.63, 3.8) is 0 Å². The predicted molar refractivity (Wildman–Crippen MR) is 77.4 cm³/mol. The minimum absolute atomic E-state index is 0.119. The van der Waals surface area contributed by atoms with Crippen molar-refractivity contribution in [2.75, 3.05) is 0 Å². The second-order valence-corrected chi connectivity index (χ2v) is 10.4. The SMILES string of the molecule is CCc1ccc2c(c1)S(Br)(C(F)(F)F)C(C1CC1)=C2. The van der Waals surface area contributed by atoms with Gasteiger partial charge in [0, 0.05) is 4.90 Å². The molecule has 1 unspecified atom stereocenters. The summed E-state index contributed by atoms with van der Waals surface area (Å²) in [5, 5.41) is 0. The molecule has 0 amide bonds. The molecule has 1 aromatic carbocycles. The van der Waals surface area contributed by atoms with Gasteiger partial charge in [-0.1, -0.05) is 19.1 Å². The van der Waals surface area contributed by atoms with Gasteiger partial charge >= 0.3 is 5.51 Å². The number of aryl methyl sites for hydroxylation is 1. The summed E-state index contributed by atoms with van der Waals surface area (Å²) in [4.78, 5) is 1.02. The summed E-state index contributed by atoms with van der Waals surface area (Å²) in [6, 6.07) is 5.49. The molecule has 1 fully saturated rings. The van der Waals surface area contributed by atoms with Crippen LogP contribution in [0.25, 0.3) is 6.08 Å². The highest BCUT2D eigenvalue weighted by atomic mass is 79.9. The molecule has 2 aliphatic rings. The topological polar surface area (TPSA) is 0 Å². The van der Waals surface area contributed by atoms with Crippen LogP contribution in [0.2, 0.25) is 0 Å². The molecule has 19 heavy (non-hydrogen) atoms. The van der Waals surface area contributed by atoms with Gasteiger partial charge in [-0.3, -0.25) is 0 Å². The smallest absolute Gasteiger partial charge is 0.160 e. The van der Waals surface area contributed by atoms with Gasteiger partial charge in [-0.25, -0.2) is 0 Å². The van der Waals surface area contributed by atoms with Crippen LogP contribution in [0.4, 0.5) is 13.2 Å². The Labute approximate surface area is 119 Å². The molecule has 0 N–H and O–H groups in total. The maximum Gasteiger partial charge on any atom is 0.442 e. The van der Waals surface area contributed by atoms with Crippen molar-refractivity contribution in [2.45, 2.75) is 36.6 Å². The summed E-state index contributed by atoms with van der Waals surface area (Å²) in [5.74, 6) is 0.119. The third kappa shape index (κ3) is 1.97. The number of hydrogen-bond donors (Lipinski definition) is 0. The quantitative estimate of drug-likeness (QED) is 0.612. The zero-order chi connectivity index (χ0) is 13.8. The zero-order valence-electron chi connectivity index (χ0n) is 10.4. The van der Waals surface area contributed by atoms with Crippen molar-refractivity contribution in [1.82, 2.24) is 0 Å². The molecule has 0 spiro atoms. The molecule has 0 saturated heterocycles. The van der Waals surface area contributed by atoms with Crippen molar-refractivity contribution in [2.24, 2.45) is 5.92 Å². The molecule has 1 heterocycles. The highest BCUT2D eigenvalue weighted by Crippen LogP contribution is 2.83. The first-order valence-electron chi connectivity index (χ1n) is 6.31. The van der Waals surface area contributed by atoms with Crippen LogP contribution in [0.15, 0.2) is 28.0 Å². The molecule has 0 bridgehead atoms.